The standard InChI is InChI=1S/C19H15ClN2O3/c20-15-3-1-2-13-11-22(19(25)18(13)15)14-5-4-12-6-8-21(16(12)10-14)9-7-17(23)24/h1-6,8,10-11,25H,7,9H2,(H,23,24). The summed E-state index contributed by atoms with van der Waals surface area (Å²) in [6.07, 6.45) is 3.77. The maximum absolute atomic E-state index is 10.8. The van der Waals surface area contributed by atoms with Crippen molar-refractivity contribution in [2.24, 2.45) is 0 Å². The summed E-state index contributed by atoms with van der Waals surface area (Å²) in [5.74, 6) is -0.745. The van der Waals surface area contributed by atoms with Crippen LogP contribution in [-0.2, 0) is 11.3 Å². The van der Waals surface area contributed by atoms with Crippen LogP contribution in [0.2, 0.25) is 5.02 Å². The van der Waals surface area contributed by atoms with Gasteiger partial charge in [0.1, 0.15) is 0 Å². The molecule has 0 saturated heterocycles. The Morgan fingerprint density at radius 1 is 1.12 bits per heavy atom. The Hall–Kier alpha value is -2.92. The van der Waals surface area contributed by atoms with Gasteiger partial charge in [0.15, 0.2) is 0 Å². The third-order valence-electron chi connectivity index (χ3n) is 4.37. The average Bonchev–Trinajstić information content (AvgIpc) is 3.14. The molecule has 2 aromatic heterocycles. The molecule has 0 aliphatic rings. The van der Waals surface area contributed by atoms with Crippen molar-refractivity contribution < 1.29 is 15.0 Å². The van der Waals surface area contributed by atoms with E-state index in [-0.39, 0.29) is 12.3 Å². The van der Waals surface area contributed by atoms with E-state index in [4.69, 9.17) is 16.7 Å². The van der Waals surface area contributed by atoms with E-state index in [0.29, 0.717) is 17.0 Å². The molecule has 2 N–H and O–H groups in total. The molecular formula is C19H15ClN2O3. The fourth-order valence-electron chi connectivity index (χ4n) is 3.14. The van der Waals surface area contributed by atoms with Gasteiger partial charge in [0.25, 0.3) is 0 Å². The lowest BCUT2D eigenvalue weighted by atomic mass is 10.2. The Morgan fingerprint density at radius 3 is 2.72 bits per heavy atom. The van der Waals surface area contributed by atoms with Gasteiger partial charge in [-0.25, -0.2) is 0 Å². The summed E-state index contributed by atoms with van der Waals surface area (Å²) in [4.78, 5) is 10.8. The zero-order valence-corrected chi connectivity index (χ0v) is 13.9. The number of hydrogen-bond donors (Lipinski definition) is 2. The highest BCUT2D eigenvalue weighted by Crippen LogP contribution is 2.35. The molecule has 126 valence electrons. The van der Waals surface area contributed by atoms with E-state index in [9.17, 15) is 9.90 Å². The lowest BCUT2D eigenvalue weighted by Gasteiger charge is -2.08. The zero-order valence-electron chi connectivity index (χ0n) is 13.2. The second-order valence-electron chi connectivity index (χ2n) is 5.92. The molecule has 0 unspecified atom stereocenters. The predicted octanol–water partition coefficient (Wildman–Crippen LogP) is 4.42. The van der Waals surface area contributed by atoms with Crippen LogP contribution in [-0.4, -0.2) is 25.3 Å². The number of aromatic nitrogens is 2. The van der Waals surface area contributed by atoms with E-state index in [1.807, 2.05) is 53.4 Å². The summed E-state index contributed by atoms with van der Waals surface area (Å²) in [5.41, 5.74) is 1.70. The van der Waals surface area contributed by atoms with Gasteiger partial charge < -0.3 is 14.8 Å². The molecule has 4 rings (SSSR count). The Kier molecular flexibility index (Phi) is 3.66. The summed E-state index contributed by atoms with van der Waals surface area (Å²) in [6, 6.07) is 13.2. The number of carboxylic acids is 1. The monoisotopic (exact) mass is 354 g/mol. The van der Waals surface area contributed by atoms with Gasteiger partial charge in [0, 0.05) is 24.3 Å². The normalized spacial score (nSPS) is 11.4. The number of aliphatic carboxylic acids is 1. The van der Waals surface area contributed by atoms with Gasteiger partial charge in [0.05, 0.1) is 28.0 Å². The molecule has 0 bridgehead atoms. The molecular weight excluding hydrogens is 340 g/mol. The minimum Gasteiger partial charge on any atom is -0.494 e. The van der Waals surface area contributed by atoms with Gasteiger partial charge in [-0.05, 0) is 29.7 Å². The molecule has 0 amide bonds. The second-order valence-corrected chi connectivity index (χ2v) is 6.33. The first-order chi connectivity index (χ1) is 12.0. The fourth-order valence-corrected chi connectivity index (χ4v) is 3.40. The van der Waals surface area contributed by atoms with Crippen molar-refractivity contribution in [1.82, 2.24) is 9.13 Å². The second kappa shape index (κ2) is 5.86. The summed E-state index contributed by atoms with van der Waals surface area (Å²) in [6.45, 7) is 0.397. The van der Waals surface area contributed by atoms with Gasteiger partial charge in [0.2, 0.25) is 5.88 Å². The van der Waals surface area contributed by atoms with Crippen molar-refractivity contribution in [2.75, 3.05) is 0 Å². The maximum Gasteiger partial charge on any atom is 0.305 e. The molecule has 0 atom stereocenters. The molecule has 0 spiro atoms. The van der Waals surface area contributed by atoms with Gasteiger partial charge in [-0.2, -0.15) is 0 Å². The van der Waals surface area contributed by atoms with Crippen LogP contribution in [0.4, 0.5) is 0 Å². The van der Waals surface area contributed by atoms with Crippen molar-refractivity contribution in [3.05, 3.63) is 59.9 Å². The molecule has 0 aliphatic carbocycles. The Morgan fingerprint density at radius 2 is 1.96 bits per heavy atom. The number of fused-ring (bicyclic) bond motifs is 2. The lowest BCUT2D eigenvalue weighted by Crippen LogP contribution is -2.03. The fraction of sp³-hybridized carbons (Fsp3) is 0.105. The number of hydrogen-bond acceptors (Lipinski definition) is 2. The van der Waals surface area contributed by atoms with Crippen molar-refractivity contribution in [1.29, 1.82) is 0 Å². The zero-order chi connectivity index (χ0) is 17.6. The number of aromatic hydroxyl groups is 1. The molecule has 5 nitrogen and oxygen atoms in total. The summed E-state index contributed by atoms with van der Waals surface area (Å²) in [5, 5.41) is 22.5. The Labute approximate surface area is 148 Å². The first-order valence-electron chi connectivity index (χ1n) is 7.84. The summed E-state index contributed by atoms with van der Waals surface area (Å²) in [7, 11) is 0. The molecule has 0 fully saturated rings. The SMILES string of the molecule is O=C(O)CCn1ccc2ccc(-n3cc4cccc(Cl)c4c3O)cc21. The van der Waals surface area contributed by atoms with Crippen LogP contribution in [0.1, 0.15) is 6.42 Å². The number of nitrogens with zero attached hydrogens (tertiary/aromatic N) is 2. The number of carbonyl (C=O) groups is 1. The number of rotatable bonds is 4. The van der Waals surface area contributed by atoms with Crippen molar-refractivity contribution in [2.45, 2.75) is 13.0 Å². The molecule has 0 radical (unpaired) electrons. The van der Waals surface area contributed by atoms with Crippen LogP contribution < -0.4 is 0 Å². The van der Waals surface area contributed by atoms with Crippen molar-refractivity contribution in [3.63, 3.8) is 0 Å². The van der Waals surface area contributed by atoms with E-state index in [1.165, 1.54) is 0 Å². The average molecular weight is 355 g/mol. The largest absolute Gasteiger partial charge is 0.494 e. The highest BCUT2D eigenvalue weighted by atomic mass is 35.5. The molecule has 4 aromatic rings. The Bertz CT molecular complexity index is 1110. The Balaban J connectivity index is 1.84. The first kappa shape index (κ1) is 15.6. The van der Waals surface area contributed by atoms with Crippen LogP contribution in [0.15, 0.2) is 54.9 Å². The van der Waals surface area contributed by atoms with Gasteiger partial charge in [-0.3, -0.25) is 9.36 Å². The smallest absolute Gasteiger partial charge is 0.305 e. The third-order valence-corrected chi connectivity index (χ3v) is 4.68. The van der Waals surface area contributed by atoms with Gasteiger partial charge in [-0.1, -0.05) is 29.8 Å². The van der Waals surface area contributed by atoms with Crippen molar-refractivity contribution >= 4 is 39.2 Å². The van der Waals surface area contributed by atoms with Crippen LogP contribution >= 0.6 is 11.6 Å². The summed E-state index contributed by atoms with van der Waals surface area (Å²) >= 11 is 6.20. The molecule has 25 heavy (non-hydrogen) atoms. The van der Waals surface area contributed by atoms with E-state index in [2.05, 4.69) is 0 Å². The van der Waals surface area contributed by atoms with Crippen LogP contribution in [0.5, 0.6) is 5.88 Å². The number of halogens is 1. The highest BCUT2D eigenvalue weighted by molar-refractivity contribution is 6.36. The number of carboxylic acid groups (broad SMARTS) is 1. The van der Waals surface area contributed by atoms with Gasteiger partial charge in [-0.15, -0.1) is 0 Å². The highest BCUT2D eigenvalue weighted by Gasteiger charge is 2.13. The molecule has 0 saturated carbocycles. The topological polar surface area (TPSA) is 67.4 Å². The quantitative estimate of drug-likeness (QED) is 0.570. The molecule has 2 aromatic carbocycles. The first-order valence-corrected chi connectivity index (χ1v) is 8.22. The number of benzene rings is 2. The van der Waals surface area contributed by atoms with Crippen LogP contribution in [0, 0.1) is 0 Å². The van der Waals surface area contributed by atoms with Crippen LogP contribution in [0.25, 0.3) is 27.4 Å². The van der Waals surface area contributed by atoms with E-state index in [1.54, 1.807) is 10.6 Å². The minimum absolute atomic E-state index is 0.0578. The van der Waals surface area contributed by atoms with E-state index >= 15 is 0 Å². The molecule has 2 heterocycles. The molecule has 6 heteroatoms. The third kappa shape index (κ3) is 2.62. The predicted molar refractivity (Wildman–Crippen MR) is 97.7 cm³/mol. The van der Waals surface area contributed by atoms with E-state index in [0.717, 1.165) is 22.0 Å². The maximum atomic E-state index is 10.8. The van der Waals surface area contributed by atoms with Crippen molar-refractivity contribution in [3.8, 4) is 11.6 Å². The van der Waals surface area contributed by atoms with E-state index < -0.39 is 5.97 Å². The minimum atomic E-state index is -0.832. The lowest BCUT2D eigenvalue weighted by molar-refractivity contribution is -0.137. The van der Waals surface area contributed by atoms with Gasteiger partial charge >= 0.3 is 5.97 Å². The molecule has 0 aliphatic heterocycles. The number of aryl methyl sites for hydroxylation is 1. The summed E-state index contributed by atoms with van der Waals surface area (Å²) < 4.78 is 3.59. The van der Waals surface area contributed by atoms with Crippen LogP contribution in [0.3, 0.4) is 0 Å².